The predicted octanol–water partition coefficient (Wildman–Crippen LogP) is 3.53. The maximum absolute atomic E-state index is 2.24. The summed E-state index contributed by atoms with van der Waals surface area (Å²) in [6.45, 7) is 0. The number of aromatic nitrogens is 1. The Labute approximate surface area is 95.0 Å². The summed E-state index contributed by atoms with van der Waals surface area (Å²) < 4.78 is 2.24. The van der Waals surface area contributed by atoms with Gasteiger partial charge in [-0.3, -0.25) is 0 Å². The van der Waals surface area contributed by atoms with E-state index in [1.54, 1.807) is 0 Å². The lowest BCUT2D eigenvalue weighted by Gasteiger charge is -2.02. The van der Waals surface area contributed by atoms with Crippen molar-refractivity contribution < 1.29 is 0 Å². The fourth-order valence-electron chi connectivity index (χ4n) is 2.06. The molecule has 78 valence electrons. The molecule has 3 aromatic rings. The van der Waals surface area contributed by atoms with Gasteiger partial charge in [0.15, 0.2) is 0 Å². The van der Waals surface area contributed by atoms with E-state index in [1.165, 1.54) is 16.8 Å². The molecule has 0 saturated carbocycles. The smallest absolute Gasteiger partial charge is 0.0453 e. The van der Waals surface area contributed by atoms with Crippen LogP contribution in [0.15, 0.2) is 66.9 Å². The van der Waals surface area contributed by atoms with E-state index in [1.807, 2.05) is 0 Å². The summed E-state index contributed by atoms with van der Waals surface area (Å²) in [6.07, 6.45) is 3.10. The summed E-state index contributed by atoms with van der Waals surface area (Å²) in [7, 11) is 0. The third-order valence-corrected chi connectivity index (χ3v) is 2.88. The number of hydrogen-bond donors (Lipinski definition) is 0. The first kappa shape index (κ1) is 9.22. The Hall–Kier alpha value is -2.02. The molecule has 0 aliphatic carbocycles. The Morgan fingerprint density at radius 1 is 0.750 bits per heavy atom. The summed E-state index contributed by atoms with van der Waals surface area (Å²) in [5, 5.41) is 0. The van der Waals surface area contributed by atoms with Gasteiger partial charge >= 0.3 is 0 Å². The minimum absolute atomic E-state index is 0.985. The lowest BCUT2D eigenvalue weighted by molar-refractivity contribution is 1.03. The first-order valence-electron chi connectivity index (χ1n) is 5.52. The number of fused-ring (bicyclic) bond motifs is 1. The molecule has 0 radical (unpaired) electrons. The van der Waals surface area contributed by atoms with Crippen molar-refractivity contribution in [2.45, 2.75) is 6.42 Å². The quantitative estimate of drug-likeness (QED) is 0.605. The van der Waals surface area contributed by atoms with Crippen LogP contribution >= 0.6 is 0 Å². The van der Waals surface area contributed by atoms with Crippen LogP contribution in [0.5, 0.6) is 0 Å². The van der Waals surface area contributed by atoms with Crippen molar-refractivity contribution in [3.8, 4) is 0 Å². The molecule has 1 aromatic carbocycles. The third-order valence-electron chi connectivity index (χ3n) is 2.88. The summed E-state index contributed by atoms with van der Waals surface area (Å²) in [6, 6.07) is 21.2. The van der Waals surface area contributed by atoms with Crippen molar-refractivity contribution in [3.63, 3.8) is 0 Å². The van der Waals surface area contributed by atoms with Gasteiger partial charge in [0.2, 0.25) is 0 Å². The summed E-state index contributed by atoms with van der Waals surface area (Å²) >= 11 is 0. The van der Waals surface area contributed by atoms with E-state index in [0.29, 0.717) is 0 Å². The van der Waals surface area contributed by atoms with Crippen molar-refractivity contribution in [2.75, 3.05) is 0 Å². The number of nitrogens with zero attached hydrogens (tertiary/aromatic N) is 1. The molecular formula is C15H13N. The molecule has 1 nitrogen and oxygen atoms in total. The highest BCUT2D eigenvalue weighted by Gasteiger charge is 2.01. The predicted molar refractivity (Wildman–Crippen MR) is 66.6 cm³/mol. The van der Waals surface area contributed by atoms with Crippen LogP contribution in [0.3, 0.4) is 0 Å². The Balaban J connectivity index is 2.01. The van der Waals surface area contributed by atoms with Crippen molar-refractivity contribution in [3.05, 3.63) is 78.1 Å². The molecule has 0 atom stereocenters. The zero-order valence-electron chi connectivity index (χ0n) is 9.01. The molecule has 0 fully saturated rings. The lowest BCUT2D eigenvalue weighted by Crippen LogP contribution is -1.93. The second-order valence-electron chi connectivity index (χ2n) is 3.98. The number of benzene rings is 1. The van der Waals surface area contributed by atoms with Crippen LogP contribution in [0.25, 0.3) is 5.52 Å². The van der Waals surface area contributed by atoms with Gasteiger partial charge in [0.05, 0.1) is 0 Å². The Kier molecular flexibility index (Phi) is 2.22. The second kappa shape index (κ2) is 3.86. The largest absolute Gasteiger partial charge is 0.321 e. The number of hydrogen-bond acceptors (Lipinski definition) is 0. The lowest BCUT2D eigenvalue weighted by atomic mass is 10.1. The summed E-state index contributed by atoms with van der Waals surface area (Å²) in [4.78, 5) is 0. The van der Waals surface area contributed by atoms with Gasteiger partial charge in [0.1, 0.15) is 0 Å². The number of rotatable bonds is 2. The van der Waals surface area contributed by atoms with Crippen molar-refractivity contribution in [2.24, 2.45) is 0 Å². The molecule has 0 aliphatic heterocycles. The van der Waals surface area contributed by atoms with Crippen molar-refractivity contribution in [1.29, 1.82) is 0 Å². The van der Waals surface area contributed by atoms with Crippen LogP contribution in [0.1, 0.15) is 11.3 Å². The molecule has 0 spiro atoms. The molecule has 0 aliphatic rings. The van der Waals surface area contributed by atoms with E-state index < -0.39 is 0 Å². The first-order valence-corrected chi connectivity index (χ1v) is 5.52. The zero-order chi connectivity index (χ0) is 10.8. The summed E-state index contributed by atoms with van der Waals surface area (Å²) in [5.41, 5.74) is 3.95. The minimum atomic E-state index is 0.985. The maximum Gasteiger partial charge on any atom is 0.0453 e. The van der Waals surface area contributed by atoms with Crippen LogP contribution in [-0.2, 0) is 6.42 Å². The second-order valence-corrected chi connectivity index (χ2v) is 3.98. The molecular weight excluding hydrogens is 194 g/mol. The van der Waals surface area contributed by atoms with Gasteiger partial charge in [0, 0.05) is 23.8 Å². The topological polar surface area (TPSA) is 4.41 Å². The molecule has 3 rings (SSSR count). The van der Waals surface area contributed by atoms with Crippen LogP contribution in [0.4, 0.5) is 0 Å². The molecule has 0 bridgehead atoms. The highest BCUT2D eigenvalue weighted by atomic mass is 14.9. The maximum atomic E-state index is 2.24. The molecule has 2 heterocycles. The Bertz CT molecular complexity index is 593. The fourth-order valence-corrected chi connectivity index (χ4v) is 2.06. The van der Waals surface area contributed by atoms with Gasteiger partial charge < -0.3 is 4.40 Å². The monoisotopic (exact) mass is 207 g/mol. The van der Waals surface area contributed by atoms with Gasteiger partial charge in [-0.25, -0.2) is 0 Å². The van der Waals surface area contributed by atoms with E-state index in [9.17, 15) is 0 Å². The normalized spacial score (nSPS) is 10.8. The SMILES string of the molecule is c1ccc(Cc2ccc3ccccn23)cc1. The van der Waals surface area contributed by atoms with Gasteiger partial charge in [-0.15, -0.1) is 0 Å². The highest BCUT2D eigenvalue weighted by molar-refractivity contribution is 5.49. The van der Waals surface area contributed by atoms with Gasteiger partial charge in [0.25, 0.3) is 0 Å². The van der Waals surface area contributed by atoms with E-state index in [0.717, 1.165) is 6.42 Å². The van der Waals surface area contributed by atoms with E-state index in [-0.39, 0.29) is 0 Å². The Morgan fingerprint density at radius 2 is 1.56 bits per heavy atom. The molecule has 0 N–H and O–H groups in total. The molecule has 2 aromatic heterocycles. The van der Waals surface area contributed by atoms with E-state index in [4.69, 9.17) is 0 Å². The molecule has 0 unspecified atom stereocenters. The van der Waals surface area contributed by atoms with Crippen molar-refractivity contribution in [1.82, 2.24) is 4.40 Å². The van der Waals surface area contributed by atoms with E-state index >= 15 is 0 Å². The zero-order valence-corrected chi connectivity index (χ0v) is 9.01. The van der Waals surface area contributed by atoms with Gasteiger partial charge in [-0.1, -0.05) is 36.4 Å². The van der Waals surface area contributed by atoms with E-state index in [2.05, 4.69) is 71.3 Å². The minimum Gasteiger partial charge on any atom is -0.321 e. The van der Waals surface area contributed by atoms with Gasteiger partial charge in [-0.2, -0.15) is 0 Å². The van der Waals surface area contributed by atoms with Crippen LogP contribution < -0.4 is 0 Å². The fraction of sp³-hybridized carbons (Fsp3) is 0.0667. The Morgan fingerprint density at radius 3 is 2.44 bits per heavy atom. The highest BCUT2D eigenvalue weighted by Crippen LogP contribution is 2.13. The third kappa shape index (κ3) is 1.61. The van der Waals surface area contributed by atoms with Crippen LogP contribution in [0.2, 0.25) is 0 Å². The van der Waals surface area contributed by atoms with Crippen LogP contribution in [0, 0.1) is 0 Å². The van der Waals surface area contributed by atoms with Gasteiger partial charge in [-0.05, 0) is 29.8 Å². The molecule has 16 heavy (non-hydrogen) atoms. The average molecular weight is 207 g/mol. The average Bonchev–Trinajstić information content (AvgIpc) is 2.74. The summed E-state index contributed by atoms with van der Waals surface area (Å²) in [5.74, 6) is 0. The van der Waals surface area contributed by atoms with Crippen LogP contribution in [-0.4, -0.2) is 4.40 Å². The molecule has 1 heteroatoms. The first-order chi connectivity index (χ1) is 7.93. The molecule has 0 amide bonds. The van der Waals surface area contributed by atoms with Crippen molar-refractivity contribution >= 4 is 5.52 Å². The standard InChI is InChI=1S/C15H13N/c1-2-6-13(7-3-1)12-15-10-9-14-8-4-5-11-16(14)15/h1-11H,12H2. The molecule has 0 saturated heterocycles. The number of pyridine rings is 1.